The van der Waals surface area contributed by atoms with Crippen molar-refractivity contribution in [2.45, 2.75) is 72.5 Å². The molecule has 4 bridgehead atoms. The Morgan fingerprint density at radius 2 is 1.45 bits per heavy atom. The molecule has 5 nitrogen and oxygen atoms in total. The van der Waals surface area contributed by atoms with E-state index in [4.69, 9.17) is 18.0 Å². The number of fused-ring (bicyclic) bond motifs is 9. The fourth-order valence-electron chi connectivity index (χ4n) is 7.27. The molecule has 0 aliphatic heterocycles. The monoisotopic (exact) mass is 426 g/mol. The fraction of sp³-hybridized carbons (Fsp3) is 0.957. The van der Waals surface area contributed by atoms with Crippen LogP contribution in [0.1, 0.15) is 60.3 Å². The second-order valence-corrected chi connectivity index (χ2v) is 14.2. The van der Waals surface area contributed by atoms with Crippen molar-refractivity contribution in [3.63, 3.8) is 0 Å². The molecule has 0 amide bonds. The molecule has 0 saturated heterocycles. The fourth-order valence-corrected chi connectivity index (χ4v) is 7.77. The van der Waals surface area contributed by atoms with Crippen molar-refractivity contribution < 1.29 is 22.8 Å². The van der Waals surface area contributed by atoms with Gasteiger partial charge in [0.1, 0.15) is 5.60 Å². The van der Waals surface area contributed by atoms with Gasteiger partial charge in [0.05, 0.1) is 5.92 Å². The topological polar surface area (TPSA) is 54.0 Å². The first kappa shape index (κ1) is 23.2. The second kappa shape index (κ2) is 7.92. The number of hydrogen-bond donors (Lipinski definition) is 0. The van der Waals surface area contributed by atoms with Gasteiger partial charge in [0.15, 0.2) is 0 Å². The number of esters is 1. The van der Waals surface area contributed by atoms with Crippen molar-refractivity contribution in [1.82, 2.24) is 0 Å². The van der Waals surface area contributed by atoms with Gasteiger partial charge in [-0.1, -0.05) is 13.8 Å². The summed E-state index contributed by atoms with van der Waals surface area (Å²) in [5.41, 5.74) is 0.182. The summed E-state index contributed by atoms with van der Waals surface area (Å²) in [6.45, 7) is 12.8. The van der Waals surface area contributed by atoms with Gasteiger partial charge < -0.3 is 18.0 Å². The molecular weight excluding hydrogens is 384 g/mol. The first-order chi connectivity index (χ1) is 13.4. The quantitative estimate of drug-likeness (QED) is 0.368. The summed E-state index contributed by atoms with van der Waals surface area (Å²) >= 11 is 0. The Morgan fingerprint density at radius 1 is 0.931 bits per heavy atom. The predicted molar refractivity (Wildman–Crippen MR) is 115 cm³/mol. The zero-order valence-corrected chi connectivity index (χ0v) is 20.9. The molecule has 7 atom stereocenters. The van der Waals surface area contributed by atoms with E-state index in [-0.39, 0.29) is 17.5 Å². The van der Waals surface area contributed by atoms with Gasteiger partial charge in [-0.05, 0) is 87.4 Å². The highest BCUT2D eigenvalue weighted by Gasteiger charge is 2.69. The highest BCUT2D eigenvalue weighted by atomic mass is 28.4. The van der Waals surface area contributed by atoms with Crippen molar-refractivity contribution in [1.29, 1.82) is 0 Å². The molecule has 7 unspecified atom stereocenters. The van der Waals surface area contributed by atoms with Crippen LogP contribution < -0.4 is 0 Å². The zero-order valence-electron chi connectivity index (χ0n) is 19.9. The third-order valence-corrected chi connectivity index (χ3v) is 10.8. The number of carbonyl (C=O) groups is 1. The lowest BCUT2D eigenvalue weighted by molar-refractivity contribution is -0.163. The van der Waals surface area contributed by atoms with Crippen molar-refractivity contribution in [3.05, 3.63) is 0 Å². The summed E-state index contributed by atoms with van der Waals surface area (Å²) < 4.78 is 20.5. The molecular formula is C23H42O5Si. The Kier molecular flexibility index (Phi) is 6.34. The lowest BCUT2D eigenvalue weighted by atomic mass is 9.67. The molecule has 4 aliphatic carbocycles. The maximum absolute atomic E-state index is 12.6. The lowest BCUT2D eigenvalue weighted by Gasteiger charge is -2.38. The van der Waals surface area contributed by atoms with E-state index in [0.29, 0.717) is 11.3 Å². The molecule has 168 valence electrons. The summed E-state index contributed by atoms with van der Waals surface area (Å²) in [4.78, 5) is 12.6. The van der Waals surface area contributed by atoms with Crippen LogP contribution in [-0.4, -0.2) is 41.7 Å². The molecule has 6 heteroatoms. The SMILES string of the molecule is CC(C)(C)OC(=O)C1CC2CC1C1C2C2CCC1C2(C)C.CO[Si](C)(OC)OC. The lowest BCUT2D eigenvalue weighted by Crippen LogP contribution is -2.38. The molecule has 4 aliphatic rings. The molecule has 0 N–H and O–H groups in total. The van der Waals surface area contributed by atoms with Gasteiger partial charge in [-0.25, -0.2) is 0 Å². The van der Waals surface area contributed by atoms with Gasteiger partial charge in [0.2, 0.25) is 0 Å². The molecule has 29 heavy (non-hydrogen) atoms. The first-order valence-electron chi connectivity index (χ1n) is 11.3. The molecule has 0 spiro atoms. The molecule has 0 radical (unpaired) electrons. The Labute approximate surface area is 178 Å². The van der Waals surface area contributed by atoms with E-state index in [1.807, 2.05) is 27.3 Å². The third kappa shape index (κ3) is 4.07. The van der Waals surface area contributed by atoms with E-state index in [0.717, 1.165) is 36.0 Å². The molecule has 0 aromatic rings. The van der Waals surface area contributed by atoms with Crippen LogP contribution in [0.2, 0.25) is 6.55 Å². The van der Waals surface area contributed by atoms with Crippen LogP contribution >= 0.6 is 0 Å². The predicted octanol–water partition coefficient (Wildman–Crippen LogP) is 4.78. The molecule has 4 rings (SSSR count). The maximum Gasteiger partial charge on any atom is 0.496 e. The van der Waals surface area contributed by atoms with Crippen molar-refractivity contribution >= 4 is 14.8 Å². The van der Waals surface area contributed by atoms with E-state index in [1.54, 1.807) is 21.3 Å². The normalized spacial score (nSPS) is 39.1. The van der Waals surface area contributed by atoms with Crippen molar-refractivity contribution in [2.75, 3.05) is 21.3 Å². The molecule has 4 saturated carbocycles. The molecule has 0 heterocycles. The maximum atomic E-state index is 12.6. The number of carbonyl (C=O) groups excluding carboxylic acids is 1. The van der Waals surface area contributed by atoms with Crippen LogP contribution in [0.4, 0.5) is 0 Å². The number of rotatable bonds is 4. The molecule has 0 aromatic carbocycles. The van der Waals surface area contributed by atoms with E-state index < -0.39 is 8.80 Å². The Hall–Kier alpha value is -0.433. The summed E-state index contributed by atoms with van der Waals surface area (Å²) in [6, 6.07) is 0. The zero-order chi connectivity index (χ0) is 21.8. The van der Waals surface area contributed by atoms with Crippen LogP contribution in [0, 0.1) is 46.8 Å². The number of hydrogen-bond acceptors (Lipinski definition) is 5. The van der Waals surface area contributed by atoms with Gasteiger partial charge in [0.25, 0.3) is 0 Å². The first-order valence-corrected chi connectivity index (χ1v) is 13.5. The third-order valence-electron chi connectivity index (χ3n) is 8.58. The van der Waals surface area contributed by atoms with Crippen molar-refractivity contribution in [2.24, 2.45) is 46.8 Å². The minimum Gasteiger partial charge on any atom is -0.460 e. The summed E-state index contributed by atoms with van der Waals surface area (Å²) in [7, 11) is 2.58. The summed E-state index contributed by atoms with van der Waals surface area (Å²) in [5.74, 6) is 5.29. The van der Waals surface area contributed by atoms with E-state index in [2.05, 4.69) is 13.8 Å². The van der Waals surface area contributed by atoms with Gasteiger partial charge in [-0.3, -0.25) is 4.79 Å². The smallest absolute Gasteiger partial charge is 0.460 e. The highest BCUT2D eigenvalue weighted by Crippen LogP contribution is 2.74. The minimum atomic E-state index is -2.17. The Balaban J connectivity index is 0.000000258. The van der Waals surface area contributed by atoms with E-state index in [9.17, 15) is 4.79 Å². The highest BCUT2D eigenvalue weighted by molar-refractivity contribution is 6.58. The Bertz CT molecular complexity index is 601. The van der Waals surface area contributed by atoms with Crippen LogP contribution in [0.3, 0.4) is 0 Å². The van der Waals surface area contributed by atoms with Crippen LogP contribution in [-0.2, 0) is 22.8 Å². The summed E-state index contributed by atoms with van der Waals surface area (Å²) in [5, 5.41) is 0. The standard InChI is InChI=1S/C19H30O2.C4H12O3Si/c1-18(2,3)21-17(20)12-9-10-8-11(12)16-14-7-6-13(15(10)16)19(14,4)5;1-5-8(4,6-2)7-3/h10-16H,6-9H2,1-5H3;1-4H3. The molecule has 4 fully saturated rings. The van der Waals surface area contributed by atoms with Gasteiger partial charge in [0, 0.05) is 27.9 Å². The largest absolute Gasteiger partial charge is 0.496 e. The average Bonchev–Trinajstić information content (AvgIpc) is 3.37. The van der Waals surface area contributed by atoms with E-state index >= 15 is 0 Å². The van der Waals surface area contributed by atoms with Gasteiger partial charge >= 0.3 is 14.8 Å². The van der Waals surface area contributed by atoms with Crippen LogP contribution in [0.25, 0.3) is 0 Å². The van der Waals surface area contributed by atoms with E-state index in [1.165, 1.54) is 19.3 Å². The second-order valence-electron chi connectivity index (χ2n) is 11.3. The summed E-state index contributed by atoms with van der Waals surface area (Å²) in [6.07, 6.45) is 5.27. The molecule has 0 aromatic heterocycles. The van der Waals surface area contributed by atoms with Gasteiger partial charge in [-0.2, -0.15) is 0 Å². The van der Waals surface area contributed by atoms with Crippen LogP contribution in [0.5, 0.6) is 0 Å². The van der Waals surface area contributed by atoms with Crippen molar-refractivity contribution in [3.8, 4) is 0 Å². The average molecular weight is 427 g/mol. The van der Waals surface area contributed by atoms with Gasteiger partial charge in [-0.15, -0.1) is 0 Å². The van der Waals surface area contributed by atoms with Crippen LogP contribution in [0.15, 0.2) is 0 Å². The Morgan fingerprint density at radius 3 is 1.90 bits per heavy atom. The number of ether oxygens (including phenoxy) is 1. The minimum absolute atomic E-state index is 0.0917.